The van der Waals surface area contributed by atoms with Crippen molar-refractivity contribution in [3.8, 4) is 11.8 Å². The fraction of sp³-hybridized carbons (Fsp3) is 0.250. The number of aryl methyl sites for hydroxylation is 1. The summed E-state index contributed by atoms with van der Waals surface area (Å²) in [6.45, 7) is 4.97. The van der Waals surface area contributed by atoms with Crippen molar-refractivity contribution in [1.82, 2.24) is 9.55 Å². The molecule has 0 spiro atoms. The molecule has 0 fully saturated rings. The van der Waals surface area contributed by atoms with Gasteiger partial charge in [0.25, 0.3) is 0 Å². The minimum absolute atomic E-state index is 0.654. The summed E-state index contributed by atoms with van der Waals surface area (Å²) in [6.07, 6.45) is 1.82. The van der Waals surface area contributed by atoms with Gasteiger partial charge in [-0.05, 0) is 26.0 Å². The van der Waals surface area contributed by atoms with Crippen LogP contribution in [0.15, 0.2) is 36.5 Å². The number of rotatable bonds is 3. The third kappa shape index (κ3) is 2.01. The predicted molar refractivity (Wildman–Crippen MR) is 59.2 cm³/mol. The summed E-state index contributed by atoms with van der Waals surface area (Å²) in [6, 6.07) is 10.3. The summed E-state index contributed by atoms with van der Waals surface area (Å²) in [5.74, 6) is 0.817. The molecular weight excluding hydrogens is 188 g/mol. The Bertz CT molecular complexity index is 434. The van der Waals surface area contributed by atoms with E-state index >= 15 is 0 Å². The largest absolute Gasteiger partial charge is 0.426 e. The van der Waals surface area contributed by atoms with Crippen LogP contribution in [0.5, 0.6) is 11.8 Å². The topological polar surface area (TPSA) is 27.1 Å². The standard InChI is InChI=1S/C12H14N2O/c1-3-14-10(2)9-13-12(14)15-11-7-5-4-6-8-11/h4-9H,3H2,1-2H3. The van der Waals surface area contributed by atoms with Crippen LogP contribution in [0, 0.1) is 6.92 Å². The highest BCUT2D eigenvalue weighted by Gasteiger charge is 2.06. The molecule has 0 aliphatic carbocycles. The number of nitrogens with zero attached hydrogens (tertiary/aromatic N) is 2. The van der Waals surface area contributed by atoms with Gasteiger partial charge in [0, 0.05) is 12.2 Å². The van der Waals surface area contributed by atoms with Crippen molar-refractivity contribution >= 4 is 0 Å². The normalized spacial score (nSPS) is 10.3. The van der Waals surface area contributed by atoms with Crippen LogP contribution in [0.2, 0.25) is 0 Å². The van der Waals surface area contributed by atoms with Gasteiger partial charge in [-0.25, -0.2) is 4.98 Å². The highest BCUT2D eigenvalue weighted by molar-refractivity contribution is 5.25. The monoisotopic (exact) mass is 202 g/mol. The molecule has 0 radical (unpaired) electrons. The fourth-order valence-corrected chi connectivity index (χ4v) is 1.50. The van der Waals surface area contributed by atoms with Crippen LogP contribution in [-0.2, 0) is 6.54 Å². The highest BCUT2D eigenvalue weighted by Crippen LogP contribution is 2.20. The summed E-state index contributed by atoms with van der Waals surface area (Å²) in [5.41, 5.74) is 1.11. The molecule has 1 aromatic heterocycles. The van der Waals surface area contributed by atoms with Crippen molar-refractivity contribution in [3.63, 3.8) is 0 Å². The second-order valence-corrected chi connectivity index (χ2v) is 3.34. The number of aromatic nitrogens is 2. The van der Waals surface area contributed by atoms with E-state index in [1.54, 1.807) is 0 Å². The predicted octanol–water partition coefficient (Wildman–Crippen LogP) is 3.00. The summed E-state index contributed by atoms with van der Waals surface area (Å²) in [5, 5.41) is 0. The van der Waals surface area contributed by atoms with E-state index in [0.29, 0.717) is 6.01 Å². The third-order valence-corrected chi connectivity index (χ3v) is 2.29. The summed E-state index contributed by atoms with van der Waals surface area (Å²) >= 11 is 0. The molecule has 3 heteroatoms. The van der Waals surface area contributed by atoms with Gasteiger partial charge in [-0.15, -0.1) is 0 Å². The average molecular weight is 202 g/mol. The molecule has 1 heterocycles. The quantitative estimate of drug-likeness (QED) is 0.765. The first-order valence-corrected chi connectivity index (χ1v) is 5.06. The fourth-order valence-electron chi connectivity index (χ4n) is 1.50. The molecule has 0 aliphatic rings. The van der Waals surface area contributed by atoms with Crippen molar-refractivity contribution in [2.45, 2.75) is 20.4 Å². The van der Waals surface area contributed by atoms with E-state index in [2.05, 4.69) is 11.9 Å². The Morgan fingerprint density at radius 1 is 1.27 bits per heavy atom. The molecule has 0 atom stereocenters. The molecule has 2 rings (SSSR count). The van der Waals surface area contributed by atoms with Crippen LogP contribution in [-0.4, -0.2) is 9.55 Å². The van der Waals surface area contributed by atoms with E-state index in [9.17, 15) is 0 Å². The van der Waals surface area contributed by atoms with Gasteiger partial charge < -0.3 is 4.74 Å². The van der Waals surface area contributed by atoms with Gasteiger partial charge in [-0.3, -0.25) is 4.57 Å². The van der Waals surface area contributed by atoms with Crippen LogP contribution in [0.25, 0.3) is 0 Å². The lowest BCUT2D eigenvalue weighted by Gasteiger charge is -2.07. The molecule has 15 heavy (non-hydrogen) atoms. The number of imidazole rings is 1. The number of ether oxygens (including phenoxy) is 1. The Labute approximate surface area is 89.3 Å². The molecule has 0 unspecified atom stereocenters. The van der Waals surface area contributed by atoms with Gasteiger partial charge in [-0.1, -0.05) is 18.2 Å². The lowest BCUT2D eigenvalue weighted by molar-refractivity contribution is 0.413. The minimum Gasteiger partial charge on any atom is -0.426 e. The van der Waals surface area contributed by atoms with Gasteiger partial charge >= 0.3 is 6.01 Å². The van der Waals surface area contributed by atoms with Crippen LogP contribution >= 0.6 is 0 Å². The Morgan fingerprint density at radius 3 is 2.67 bits per heavy atom. The number of hydrogen-bond donors (Lipinski definition) is 0. The Morgan fingerprint density at radius 2 is 2.00 bits per heavy atom. The first-order chi connectivity index (χ1) is 7.31. The zero-order chi connectivity index (χ0) is 10.7. The zero-order valence-corrected chi connectivity index (χ0v) is 8.97. The summed E-state index contributed by atoms with van der Waals surface area (Å²) in [4.78, 5) is 4.22. The molecule has 0 saturated heterocycles. The van der Waals surface area contributed by atoms with Gasteiger partial charge in [0.1, 0.15) is 5.75 Å². The molecule has 0 bridgehead atoms. The minimum atomic E-state index is 0.654. The maximum Gasteiger partial charge on any atom is 0.302 e. The Balaban J connectivity index is 2.25. The summed E-state index contributed by atoms with van der Waals surface area (Å²) in [7, 11) is 0. The second-order valence-electron chi connectivity index (χ2n) is 3.34. The molecule has 3 nitrogen and oxygen atoms in total. The maximum absolute atomic E-state index is 5.67. The van der Waals surface area contributed by atoms with E-state index < -0.39 is 0 Å². The molecule has 0 aliphatic heterocycles. The molecular formula is C12H14N2O. The first-order valence-electron chi connectivity index (χ1n) is 5.06. The van der Waals surface area contributed by atoms with Gasteiger partial charge in [-0.2, -0.15) is 0 Å². The number of para-hydroxylation sites is 1. The lowest BCUT2D eigenvalue weighted by Crippen LogP contribution is -1.99. The van der Waals surface area contributed by atoms with E-state index in [0.717, 1.165) is 18.0 Å². The van der Waals surface area contributed by atoms with Gasteiger partial charge in [0.2, 0.25) is 0 Å². The number of benzene rings is 1. The molecule has 1 aromatic carbocycles. The van der Waals surface area contributed by atoms with Gasteiger partial charge in [0.15, 0.2) is 0 Å². The third-order valence-electron chi connectivity index (χ3n) is 2.29. The Kier molecular flexibility index (Phi) is 2.72. The van der Waals surface area contributed by atoms with E-state index in [1.165, 1.54) is 0 Å². The smallest absolute Gasteiger partial charge is 0.302 e. The van der Waals surface area contributed by atoms with Crippen molar-refractivity contribution in [2.24, 2.45) is 0 Å². The Hall–Kier alpha value is -1.77. The lowest BCUT2D eigenvalue weighted by atomic mass is 10.3. The molecule has 0 N–H and O–H groups in total. The molecule has 78 valence electrons. The van der Waals surface area contributed by atoms with Gasteiger partial charge in [0.05, 0.1) is 6.20 Å². The van der Waals surface area contributed by atoms with E-state index in [1.807, 2.05) is 48.0 Å². The van der Waals surface area contributed by atoms with Crippen LogP contribution in [0.3, 0.4) is 0 Å². The van der Waals surface area contributed by atoms with Crippen molar-refractivity contribution < 1.29 is 4.74 Å². The second kappa shape index (κ2) is 4.17. The SMILES string of the molecule is CCn1c(C)cnc1Oc1ccccc1. The molecule has 0 amide bonds. The van der Waals surface area contributed by atoms with E-state index in [-0.39, 0.29) is 0 Å². The average Bonchev–Trinajstić information content (AvgIpc) is 2.61. The van der Waals surface area contributed by atoms with Crippen LogP contribution < -0.4 is 4.74 Å². The van der Waals surface area contributed by atoms with Crippen LogP contribution in [0.4, 0.5) is 0 Å². The maximum atomic E-state index is 5.67. The first kappa shape index (κ1) is 9.77. The van der Waals surface area contributed by atoms with Crippen LogP contribution in [0.1, 0.15) is 12.6 Å². The van der Waals surface area contributed by atoms with Crippen molar-refractivity contribution in [1.29, 1.82) is 0 Å². The molecule has 2 aromatic rings. The van der Waals surface area contributed by atoms with Crippen molar-refractivity contribution in [3.05, 3.63) is 42.2 Å². The molecule has 0 saturated carbocycles. The highest BCUT2D eigenvalue weighted by atomic mass is 16.5. The zero-order valence-electron chi connectivity index (χ0n) is 8.97. The number of hydrogen-bond acceptors (Lipinski definition) is 2. The van der Waals surface area contributed by atoms with Crippen molar-refractivity contribution in [2.75, 3.05) is 0 Å². The summed E-state index contributed by atoms with van der Waals surface area (Å²) < 4.78 is 7.71. The van der Waals surface area contributed by atoms with E-state index in [4.69, 9.17) is 4.74 Å².